The SMILES string of the molecule is O=Cc1c(C2CC2)nnn1C1CC1. The number of aromatic nitrogens is 3. The lowest BCUT2D eigenvalue weighted by Crippen LogP contribution is -2.02. The van der Waals surface area contributed by atoms with Gasteiger partial charge in [0.15, 0.2) is 6.29 Å². The van der Waals surface area contributed by atoms with E-state index in [-0.39, 0.29) is 0 Å². The summed E-state index contributed by atoms with van der Waals surface area (Å²) in [6.45, 7) is 0. The minimum atomic E-state index is 0.459. The predicted octanol–water partition coefficient (Wildman–Crippen LogP) is 1.30. The molecular weight excluding hydrogens is 166 g/mol. The highest BCUT2D eigenvalue weighted by atomic mass is 16.1. The molecule has 0 atom stereocenters. The van der Waals surface area contributed by atoms with E-state index in [0.717, 1.165) is 30.5 Å². The van der Waals surface area contributed by atoms with Crippen LogP contribution < -0.4 is 0 Å². The summed E-state index contributed by atoms with van der Waals surface area (Å²) in [5.41, 5.74) is 1.66. The van der Waals surface area contributed by atoms with Crippen LogP contribution in [-0.4, -0.2) is 21.3 Å². The van der Waals surface area contributed by atoms with Gasteiger partial charge in [-0.3, -0.25) is 4.79 Å². The largest absolute Gasteiger partial charge is 0.296 e. The molecule has 0 bridgehead atoms. The molecule has 0 radical (unpaired) electrons. The zero-order valence-electron chi connectivity index (χ0n) is 7.31. The third-order valence-corrected chi connectivity index (χ3v) is 2.73. The van der Waals surface area contributed by atoms with E-state index in [2.05, 4.69) is 10.3 Å². The van der Waals surface area contributed by atoms with E-state index < -0.39 is 0 Å². The molecule has 2 aliphatic carbocycles. The molecule has 1 heterocycles. The Morgan fingerprint density at radius 1 is 1.31 bits per heavy atom. The van der Waals surface area contributed by atoms with Crippen LogP contribution in [0.1, 0.15) is 53.8 Å². The third kappa shape index (κ3) is 1.08. The molecule has 2 saturated carbocycles. The van der Waals surface area contributed by atoms with Gasteiger partial charge in [-0.25, -0.2) is 4.68 Å². The lowest BCUT2D eigenvalue weighted by Gasteiger charge is -1.97. The zero-order valence-corrected chi connectivity index (χ0v) is 7.31. The first kappa shape index (κ1) is 7.24. The highest BCUT2D eigenvalue weighted by Crippen LogP contribution is 2.42. The van der Waals surface area contributed by atoms with Crippen molar-refractivity contribution in [2.24, 2.45) is 0 Å². The van der Waals surface area contributed by atoms with Crippen LogP contribution in [0.4, 0.5) is 0 Å². The van der Waals surface area contributed by atoms with Gasteiger partial charge >= 0.3 is 0 Å². The molecule has 1 aromatic rings. The molecule has 0 saturated heterocycles. The Hall–Kier alpha value is -1.19. The number of rotatable bonds is 3. The normalized spacial score (nSPS) is 21.8. The van der Waals surface area contributed by atoms with Crippen LogP contribution in [0, 0.1) is 0 Å². The molecule has 4 heteroatoms. The van der Waals surface area contributed by atoms with Crippen molar-refractivity contribution < 1.29 is 4.79 Å². The maximum absolute atomic E-state index is 10.9. The van der Waals surface area contributed by atoms with Crippen molar-refractivity contribution in [2.75, 3.05) is 0 Å². The number of nitrogens with zero attached hydrogens (tertiary/aromatic N) is 3. The van der Waals surface area contributed by atoms with Gasteiger partial charge in [0, 0.05) is 5.92 Å². The Morgan fingerprint density at radius 3 is 2.62 bits per heavy atom. The molecule has 0 spiro atoms. The minimum Gasteiger partial charge on any atom is -0.296 e. The first-order valence-electron chi connectivity index (χ1n) is 4.80. The Balaban J connectivity index is 2.03. The fraction of sp³-hybridized carbons (Fsp3) is 0.667. The Morgan fingerprint density at radius 2 is 2.08 bits per heavy atom. The maximum atomic E-state index is 10.9. The van der Waals surface area contributed by atoms with Gasteiger partial charge in [-0.2, -0.15) is 0 Å². The van der Waals surface area contributed by atoms with E-state index >= 15 is 0 Å². The molecule has 0 unspecified atom stereocenters. The summed E-state index contributed by atoms with van der Waals surface area (Å²) in [4.78, 5) is 10.9. The molecular formula is C9H11N3O. The number of hydrogen-bond donors (Lipinski definition) is 0. The van der Waals surface area contributed by atoms with E-state index in [1.165, 1.54) is 12.8 Å². The van der Waals surface area contributed by atoms with Crippen LogP contribution in [0.2, 0.25) is 0 Å². The first-order chi connectivity index (χ1) is 6.40. The second kappa shape index (κ2) is 2.40. The van der Waals surface area contributed by atoms with E-state index in [4.69, 9.17) is 0 Å². The number of hydrogen-bond acceptors (Lipinski definition) is 3. The highest BCUT2D eigenvalue weighted by Gasteiger charge is 2.34. The van der Waals surface area contributed by atoms with Crippen molar-refractivity contribution in [3.8, 4) is 0 Å². The molecule has 2 fully saturated rings. The Bertz CT molecular complexity index is 320. The topological polar surface area (TPSA) is 47.8 Å². The van der Waals surface area contributed by atoms with Crippen LogP contribution in [0.15, 0.2) is 0 Å². The molecule has 0 N–H and O–H groups in total. The molecule has 68 valence electrons. The molecule has 0 aliphatic heterocycles. The molecule has 4 nitrogen and oxygen atoms in total. The zero-order chi connectivity index (χ0) is 8.84. The monoisotopic (exact) mass is 177 g/mol. The average Bonchev–Trinajstić information content (AvgIpc) is 3.02. The fourth-order valence-corrected chi connectivity index (χ4v) is 1.66. The summed E-state index contributed by atoms with van der Waals surface area (Å²) in [6.07, 6.45) is 5.54. The van der Waals surface area contributed by atoms with Crippen molar-refractivity contribution in [3.63, 3.8) is 0 Å². The van der Waals surface area contributed by atoms with Gasteiger partial charge in [0.2, 0.25) is 0 Å². The molecule has 3 rings (SSSR count). The summed E-state index contributed by atoms with van der Waals surface area (Å²) in [5.74, 6) is 0.521. The quantitative estimate of drug-likeness (QED) is 0.654. The molecule has 2 aliphatic rings. The van der Waals surface area contributed by atoms with Gasteiger partial charge in [0.05, 0.1) is 11.7 Å². The van der Waals surface area contributed by atoms with Gasteiger partial charge in [-0.1, -0.05) is 5.21 Å². The third-order valence-electron chi connectivity index (χ3n) is 2.73. The number of aldehydes is 1. The Kier molecular flexibility index (Phi) is 1.34. The average molecular weight is 177 g/mol. The summed E-state index contributed by atoms with van der Waals surface area (Å²) >= 11 is 0. The molecule has 0 amide bonds. The van der Waals surface area contributed by atoms with Crippen LogP contribution in [0.5, 0.6) is 0 Å². The van der Waals surface area contributed by atoms with Crippen LogP contribution in [-0.2, 0) is 0 Å². The summed E-state index contributed by atoms with van der Waals surface area (Å²) in [6, 6.07) is 0.459. The second-order valence-electron chi connectivity index (χ2n) is 3.93. The van der Waals surface area contributed by atoms with Gasteiger partial charge in [-0.15, -0.1) is 5.10 Å². The molecule has 1 aromatic heterocycles. The van der Waals surface area contributed by atoms with Gasteiger partial charge in [0.1, 0.15) is 5.69 Å². The lowest BCUT2D eigenvalue weighted by atomic mass is 10.2. The van der Waals surface area contributed by atoms with Gasteiger partial charge in [0.25, 0.3) is 0 Å². The Labute approximate surface area is 75.9 Å². The van der Waals surface area contributed by atoms with Crippen LogP contribution in [0.3, 0.4) is 0 Å². The summed E-state index contributed by atoms with van der Waals surface area (Å²) < 4.78 is 1.81. The maximum Gasteiger partial charge on any atom is 0.170 e. The van der Waals surface area contributed by atoms with Crippen molar-refractivity contribution in [2.45, 2.75) is 37.6 Å². The highest BCUT2D eigenvalue weighted by molar-refractivity contribution is 5.74. The molecule has 13 heavy (non-hydrogen) atoms. The number of carbonyl (C=O) groups excluding carboxylic acids is 1. The fourth-order valence-electron chi connectivity index (χ4n) is 1.66. The van der Waals surface area contributed by atoms with Crippen molar-refractivity contribution in [1.29, 1.82) is 0 Å². The van der Waals surface area contributed by atoms with Crippen LogP contribution in [0.25, 0.3) is 0 Å². The van der Waals surface area contributed by atoms with Crippen molar-refractivity contribution in [3.05, 3.63) is 11.4 Å². The predicted molar refractivity (Wildman–Crippen MR) is 45.7 cm³/mol. The smallest absolute Gasteiger partial charge is 0.170 e. The second-order valence-corrected chi connectivity index (χ2v) is 3.93. The number of carbonyl (C=O) groups is 1. The van der Waals surface area contributed by atoms with Crippen molar-refractivity contribution >= 4 is 6.29 Å². The first-order valence-corrected chi connectivity index (χ1v) is 4.80. The minimum absolute atomic E-state index is 0.459. The van der Waals surface area contributed by atoms with E-state index in [1.54, 1.807) is 4.68 Å². The van der Waals surface area contributed by atoms with E-state index in [0.29, 0.717) is 12.0 Å². The van der Waals surface area contributed by atoms with Crippen molar-refractivity contribution in [1.82, 2.24) is 15.0 Å². The van der Waals surface area contributed by atoms with E-state index in [9.17, 15) is 4.79 Å². The van der Waals surface area contributed by atoms with Crippen LogP contribution >= 0.6 is 0 Å². The van der Waals surface area contributed by atoms with E-state index in [1.807, 2.05) is 0 Å². The molecule has 0 aromatic carbocycles. The van der Waals surface area contributed by atoms with Gasteiger partial charge in [-0.05, 0) is 25.7 Å². The summed E-state index contributed by atoms with van der Waals surface area (Å²) in [5, 5.41) is 8.14. The lowest BCUT2D eigenvalue weighted by molar-refractivity contribution is 0.111. The summed E-state index contributed by atoms with van der Waals surface area (Å²) in [7, 11) is 0. The van der Waals surface area contributed by atoms with Gasteiger partial charge < -0.3 is 0 Å². The standard InChI is InChI=1S/C9H11N3O/c13-5-8-9(6-1-2-6)10-11-12(8)7-3-4-7/h5-7H,1-4H2.